The first kappa shape index (κ1) is 75.9. The van der Waals surface area contributed by atoms with Crippen LogP contribution in [0, 0.1) is 35.5 Å². The highest BCUT2D eigenvalue weighted by molar-refractivity contribution is 5.33. The van der Waals surface area contributed by atoms with E-state index in [1.165, 1.54) is 212 Å². The fraction of sp³-hybridized carbons (Fsp3) is 0.704. The van der Waals surface area contributed by atoms with E-state index in [9.17, 15) is 0 Å². The number of benzene rings is 2. The first-order valence-corrected chi connectivity index (χ1v) is 35.0. The summed E-state index contributed by atoms with van der Waals surface area (Å²) in [6, 6.07) is 17.5. The summed E-state index contributed by atoms with van der Waals surface area (Å²) in [6.45, 7) is 39.0. The number of hydrogen-bond donors (Lipinski definition) is 0. The lowest BCUT2D eigenvalue weighted by Crippen LogP contribution is -2.04. The molecule has 0 atom stereocenters. The van der Waals surface area contributed by atoms with Crippen molar-refractivity contribution >= 4 is 0 Å². The molecule has 0 heteroatoms. The highest BCUT2D eigenvalue weighted by Crippen LogP contribution is 2.37. The molecule has 2 aromatic rings. The second-order valence-electron chi connectivity index (χ2n) is 29.1. The zero-order chi connectivity index (χ0) is 60.2. The van der Waals surface area contributed by atoms with Crippen molar-refractivity contribution in [3.8, 4) is 0 Å². The van der Waals surface area contributed by atoms with Gasteiger partial charge in [0.15, 0.2) is 0 Å². The normalized spacial score (nSPS) is 18.5. The number of aryl methyl sites for hydroxylation is 4. The minimum Gasteiger partial charge on any atom is -0.0839 e. The summed E-state index contributed by atoms with van der Waals surface area (Å²) in [5, 5.41) is 0. The standard InChI is InChI=1S/C10H16.C10H14.C10H12.C9H14.C9H12.C9H10.6C4H10/c3*1-2-6-10-8-4-3-7-9(10)5-1;3*1-2-5-9-7-3-6-8(9)4-1;6*1-4(2)3/h1-8H2;1,5H,2-4,6-8H2;1-2,5-6H,3-4,7-8H2;1-7H2;1,4H,2-3,5-7H2;1-2,4-5H,3,6-7H2;6*4H,1-3H3. The molecule has 0 spiro atoms. The number of allylic oxidation sites excluding steroid dienone is 12. The van der Waals surface area contributed by atoms with Gasteiger partial charge in [-0.1, -0.05) is 231 Å². The van der Waals surface area contributed by atoms with Gasteiger partial charge in [0.05, 0.1) is 0 Å². The highest BCUT2D eigenvalue weighted by atomic mass is 14.2. The van der Waals surface area contributed by atoms with Gasteiger partial charge in [-0.25, -0.2) is 0 Å². The Bertz CT molecular complexity index is 1900. The molecule has 2 aromatic carbocycles. The lowest BCUT2D eigenvalue weighted by molar-refractivity contribution is 0.558. The Hall–Kier alpha value is -3.12. The van der Waals surface area contributed by atoms with Crippen molar-refractivity contribution in [1.82, 2.24) is 0 Å². The largest absolute Gasteiger partial charge is 0.0839 e. The Kier molecular flexibility index (Phi) is 45.1. The predicted molar refractivity (Wildman–Crippen MR) is 371 cm³/mol. The Morgan fingerprint density at radius 2 is 0.395 bits per heavy atom. The molecule has 0 saturated carbocycles. The third-order valence-electron chi connectivity index (χ3n) is 14.7. The molecular formula is C81H138. The predicted octanol–water partition coefficient (Wildman–Crippen LogP) is 27.2. The van der Waals surface area contributed by atoms with E-state index >= 15 is 0 Å². The van der Waals surface area contributed by atoms with E-state index < -0.39 is 0 Å². The van der Waals surface area contributed by atoms with E-state index in [1.807, 2.05) is 22.3 Å². The van der Waals surface area contributed by atoms with Gasteiger partial charge in [-0.15, -0.1) is 0 Å². The molecule has 12 rings (SSSR count). The lowest BCUT2D eigenvalue weighted by Gasteiger charge is -2.24. The van der Waals surface area contributed by atoms with Crippen LogP contribution >= 0.6 is 0 Å². The van der Waals surface area contributed by atoms with Gasteiger partial charge in [0.2, 0.25) is 0 Å². The number of fused-ring (bicyclic) bond motifs is 2. The molecule has 0 heterocycles. The SMILES string of the molecule is C1=CC2=C(CC1)CCC2.C1=CC2=C(CC1)CCCC2.C1CCC2=C(C1)CCC2.C1CCC2=C(C1)CCCC2.CC(C)C.CC(C)C.CC(C)C.CC(C)C.CC(C)C.CC(C)C.c1ccc2c(c1)CCC2.c1ccc2c(c1)CCCC2. The lowest BCUT2D eigenvalue weighted by atomic mass is 9.82. The molecule has 81 heavy (non-hydrogen) atoms. The Morgan fingerprint density at radius 1 is 0.210 bits per heavy atom. The van der Waals surface area contributed by atoms with E-state index in [0.717, 1.165) is 35.5 Å². The molecule has 0 amide bonds. The quantitative estimate of drug-likeness (QED) is 0.231. The minimum absolute atomic E-state index is 0.833. The van der Waals surface area contributed by atoms with Crippen LogP contribution in [0.3, 0.4) is 0 Å². The first-order chi connectivity index (χ1) is 38.7. The average molecular weight is 1110 g/mol. The molecule has 0 unspecified atom stereocenters. The van der Waals surface area contributed by atoms with E-state index in [0.29, 0.717) is 0 Å². The molecule has 0 aliphatic heterocycles. The molecule has 0 bridgehead atoms. The fourth-order valence-corrected chi connectivity index (χ4v) is 11.4. The smallest absolute Gasteiger partial charge is 0.0273 e. The van der Waals surface area contributed by atoms with Crippen LogP contribution in [-0.4, -0.2) is 0 Å². The highest BCUT2D eigenvalue weighted by Gasteiger charge is 2.18. The van der Waals surface area contributed by atoms with Gasteiger partial charge < -0.3 is 0 Å². The summed E-state index contributed by atoms with van der Waals surface area (Å²) in [5.74, 6) is 5.00. The average Bonchev–Trinajstić information content (AvgIpc) is 4.25. The molecule has 462 valence electrons. The molecule has 0 saturated heterocycles. The fourth-order valence-electron chi connectivity index (χ4n) is 11.4. The molecule has 0 fully saturated rings. The Morgan fingerprint density at radius 3 is 0.679 bits per heavy atom. The molecule has 0 nitrogen and oxygen atoms in total. The van der Waals surface area contributed by atoms with Crippen molar-refractivity contribution in [2.75, 3.05) is 0 Å². The van der Waals surface area contributed by atoms with Gasteiger partial charge >= 0.3 is 0 Å². The third kappa shape index (κ3) is 41.5. The Balaban J connectivity index is 0.000000452. The van der Waals surface area contributed by atoms with Gasteiger partial charge in [-0.2, -0.15) is 0 Å². The second-order valence-corrected chi connectivity index (χ2v) is 29.1. The summed E-state index contributed by atoms with van der Waals surface area (Å²) in [4.78, 5) is 0. The van der Waals surface area contributed by atoms with Gasteiger partial charge in [0.1, 0.15) is 0 Å². The molecule has 10 aliphatic rings. The van der Waals surface area contributed by atoms with E-state index in [2.05, 4.69) is 197 Å². The monoisotopic (exact) mass is 1110 g/mol. The van der Waals surface area contributed by atoms with Crippen molar-refractivity contribution in [3.05, 3.63) is 140 Å². The zero-order valence-electron chi connectivity index (χ0n) is 57.7. The van der Waals surface area contributed by atoms with Crippen molar-refractivity contribution in [3.63, 3.8) is 0 Å². The van der Waals surface area contributed by atoms with Crippen molar-refractivity contribution < 1.29 is 0 Å². The van der Waals surface area contributed by atoms with Crippen molar-refractivity contribution in [2.45, 2.75) is 337 Å². The summed E-state index contributed by atoms with van der Waals surface area (Å²) in [6.07, 6.45) is 55.5. The van der Waals surface area contributed by atoms with Crippen LogP contribution < -0.4 is 0 Å². The maximum atomic E-state index is 2.35. The molecular weight excluding hydrogens is 973 g/mol. The van der Waals surface area contributed by atoms with Gasteiger partial charge in [0.25, 0.3) is 0 Å². The molecule has 0 aromatic heterocycles. The molecule has 0 radical (unpaired) electrons. The van der Waals surface area contributed by atoms with Gasteiger partial charge in [-0.05, 0) is 281 Å². The third-order valence-corrected chi connectivity index (χ3v) is 14.7. The maximum Gasteiger partial charge on any atom is -0.0273 e. The maximum absolute atomic E-state index is 2.35. The minimum atomic E-state index is 0.833. The van der Waals surface area contributed by atoms with Crippen LogP contribution in [0.15, 0.2) is 117 Å². The van der Waals surface area contributed by atoms with Gasteiger partial charge in [-0.3, -0.25) is 0 Å². The van der Waals surface area contributed by atoms with Gasteiger partial charge in [0, 0.05) is 0 Å². The van der Waals surface area contributed by atoms with Crippen LogP contribution in [0.1, 0.15) is 333 Å². The topological polar surface area (TPSA) is 0 Å². The van der Waals surface area contributed by atoms with Crippen molar-refractivity contribution in [2.24, 2.45) is 35.5 Å². The van der Waals surface area contributed by atoms with Crippen molar-refractivity contribution in [1.29, 1.82) is 0 Å². The number of rotatable bonds is 0. The van der Waals surface area contributed by atoms with E-state index in [4.69, 9.17) is 0 Å². The van der Waals surface area contributed by atoms with Crippen LogP contribution in [0.5, 0.6) is 0 Å². The van der Waals surface area contributed by atoms with E-state index in [-0.39, 0.29) is 0 Å². The Labute approximate surface area is 509 Å². The molecule has 0 N–H and O–H groups in total. The summed E-state index contributed by atoms with van der Waals surface area (Å²) in [5.41, 5.74) is 20.5. The van der Waals surface area contributed by atoms with Crippen LogP contribution in [-0.2, 0) is 25.7 Å². The summed E-state index contributed by atoms with van der Waals surface area (Å²) >= 11 is 0. The zero-order valence-corrected chi connectivity index (χ0v) is 57.7. The van der Waals surface area contributed by atoms with Crippen LogP contribution in [0.4, 0.5) is 0 Å². The first-order valence-electron chi connectivity index (χ1n) is 35.0. The van der Waals surface area contributed by atoms with E-state index in [1.54, 1.807) is 44.5 Å². The second kappa shape index (κ2) is 48.2. The molecule has 10 aliphatic carbocycles. The van der Waals surface area contributed by atoms with Crippen LogP contribution in [0.25, 0.3) is 0 Å². The summed E-state index contributed by atoms with van der Waals surface area (Å²) in [7, 11) is 0. The summed E-state index contributed by atoms with van der Waals surface area (Å²) < 4.78 is 0. The number of hydrogen-bond acceptors (Lipinski definition) is 0. The van der Waals surface area contributed by atoms with Crippen LogP contribution in [0.2, 0.25) is 0 Å².